The molecule has 0 aromatic heterocycles. The van der Waals surface area contributed by atoms with Crippen LogP contribution in [0.15, 0.2) is 29.2 Å². The van der Waals surface area contributed by atoms with Gasteiger partial charge in [0.25, 0.3) is 5.91 Å². The van der Waals surface area contributed by atoms with E-state index in [0.29, 0.717) is 0 Å². The van der Waals surface area contributed by atoms with Crippen LogP contribution >= 0.6 is 0 Å². The van der Waals surface area contributed by atoms with Crippen molar-refractivity contribution in [1.82, 2.24) is 10.0 Å². The minimum absolute atomic E-state index is 0.0393. The minimum atomic E-state index is -3.65. The van der Waals surface area contributed by atoms with E-state index in [-0.39, 0.29) is 22.4 Å². The fourth-order valence-corrected chi connectivity index (χ4v) is 3.35. The molecule has 1 aromatic rings. The van der Waals surface area contributed by atoms with Crippen molar-refractivity contribution in [2.24, 2.45) is 0 Å². The molecule has 0 saturated heterocycles. The molecule has 2 rings (SSSR count). The first-order chi connectivity index (χ1) is 11.3. The molecule has 24 heavy (non-hydrogen) atoms. The maximum atomic E-state index is 12.1. The van der Waals surface area contributed by atoms with E-state index in [2.05, 4.69) is 10.0 Å². The summed E-state index contributed by atoms with van der Waals surface area (Å²) in [5.74, 6) is -1.08. The van der Waals surface area contributed by atoms with E-state index in [9.17, 15) is 18.0 Å². The number of carbonyl (C=O) groups is 2. The van der Waals surface area contributed by atoms with Crippen molar-refractivity contribution in [2.75, 3.05) is 7.05 Å². The second kappa shape index (κ2) is 7.76. The molecule has 1 aliphatic carbocycles. The second-order valence-corrected chi connectivity index (χ2v) is 7.66. The Morgan fingerprint density at radius 3 is 2.54 bits per heavy atom. The van der Waals surface area contributed by atoms with Crippen LogP contribution in [0.5, 0.6) is 0 Å². The molecule has 0 radical (unpaired) electrons. The first-order valence-corrected chi connectivity index (χ1v) is 9.37. The summed E-state index contributed by atoms with van der Waals surface area (Å²) < 4.78 is 30.9. The number of esters is 1. The zero-order valence-electron chi connectivity index (χ0n) is 13.7. The number of sulfonamides is 1. The highest BCUT2D eigenvalue weighted by Crippen LogP contribution is 2.18. The van der Waals surface area contributed by atoms with Gasteiger partial charge in [-0.05, 0) is 45.0 Å². The molecule has 1 atom stereocenters. The Labute approximate surface area is 141 Å². The Morgan fingerprint density at radius 2 is 1.92 bits per heavy atom. The molecule has 1 fully saturated rings. The summed E-state index contributed by atoms with van der Waals surface area (Å²) in [6, 6.07) is 5.62. The average molecular weight is 354 g/mol. The van der Waals surface area contributed by atoms with Crippen molar-refractivity contribution < 1.29 is 22.7 Å². The van der Waals surface area contributed by atoms with Gasteiger partial charge in [-0.2, -0.15) is 0 Å². The van der Waals surface area contributed by atoms with Crippen LogP contribution in [0.3, 0.4) is 0 Å². The smallest absolute Gasteiger partial charge is 0.338 e. The summed E-state index contributed by atoms with van der Waals surface area (Å²) in [5.41, 5.74) is 0.0758. The topological polar surface area (TPSA) is 102 Å². The van der Waals surface area contributed by atoms with Crippen molar-refractivity contribution >= 4 is 21.9 Å². The molecule has 0 heterocycles. The van der Waals surface area contributed by atoms with Crippen LogP contribution < -0.4 is 10.0 Å². The third kappa shape index (κ3) is 4.55. The molecular weight excluding hydrogens is 332 g/mol. The molecule has 8 heteroatoms. The van der Waals surface area contributed by atoms with Gasteiger partial charge in [0.05, 0.1) is 10.5 Å². The van der Waals surface area contributed by atoms with Crippen LogP contribution in [-0.4, -0.2) is 39.5 Å². The van der Waals surface area contributed by atoms with E-state index < -0.39 is 22.1 Å². The van der Waals surface area contributed by atoms with Gasteiger partial charge in [-0.25, -0.2) is 17.9 Å². The third-order valence-corrected chi connectivity index (χ3v) is 5.42. The Hall–Kier alpha value is -1.93. The highest BCUT2D eigenvalue weighted by molar-refractivity contribution is 7.89. The van der Waals surface area contributed by atoms with Crippen molar-refractivity contribution in [1.29, 1.82) is 0 Å². The lowest BCUT2D eigenvalue weighted by atomic mass is 10.2. The van der Waals surface area contributed by atoms with Crippen molar-refractivity contribution in [3.63, 3.8) is 0 Å². The number of nitrogens with one attached hydrogen (secondary N) is 2. The summed E-state index contributed by atoms with van der Waals surface area (Å²) in [7, 11) is -2.36. The average Bonchev–Trinajstić information content (AvgIpc) is 3.07. The monoisotopic (exact) mass is 354 g/mol. The molecule has 1 saturated carbocycles. The summed E-state index contributed by atoms with van der Waals surface area (Å²) in [6.45, 7) is 1.50. The summed E-state index contributed by atoms with van der Waals surface area (Å²) in [4.78, 5) is 24.2. The van der Waals surface area contributed by atoms with Crippen molar-refractivity contribution in [3.8, 4) is 0 Å². The predicted molar refractivity (Wildman–Crippen MR) is 88.0 cm³/mol. The number of benzene rings is 1. The number of carbonyl (C=O) groups excluding carboxylic acids is 2. The molecule has 7 nitrogen and oxygen atoms in total. The van der Waals surface area contributed by atoms with E-state index >= 15 is 0 Å². The van der Waals surface area contributed by atoms with Crippen LogP contribution in [-0.2, 0) is 19.6 Å². The van der Waals surface area contributed by atoms with Gasteiger partial charge in [0, 0.05) is 6.04 Å². The van der Waals surface area contributed by atoms with E-state index in [0.717, 1.165) is 25.7 Å². The number of amides is 1. The summed E-state index contributed by atoms with van der Waals surface area (Å²) in [6.07, 6.45) is 3.12. The van der Waals surface area contributed by atoms with Crippen molar-refractivity contribution in [2.45, 2.75) is 49.6 Å². The quantitative estimate of drug-likeness (QED) is 0.748. The first-order valence-electron chi connectivity index (χ1n) is 7.88. The molecule has 2 N–H and O–H groups in total. The lowest BCUT2D eigenvalue weighted by molar-refractivity contribution is -0.129. The second-order valence-electron chi connectivity index (χ2n) is 5.77. The van der Waals surface area contributed by atoms with Gasteiger partial charge in [0.15, 0.2) is 6.10 Å². The Morgan fingerprint density at radius 1 is 1.25 bits per heavy atom. The summed E-state index contributed by atoms with van der Waals surface area (Å²) >= 11 is 0. The van der Waals surface area contributed by atoms with Gasteiger partial charge in [-0.1, -0.05) is 18.9 Å². The third-order valence-electron chi connectivity index (χ3n) is 4.00. The number of ether oxygens (including phenoxy) is 1. The van der Waals surface area contributed by atoms with Gasteiger partial charge in [0.2, 0.25) is 10.0 Å². The van der Waals surface area contributed by atoms with Crippen LogP contribution in [0, 0.1) is 0 Å². The van der Waals surface area contributed by atoms with Crippen molar-refractivity contribution in [3.05, 3.63) is 29.8 Å². The zero-order chi connectivity index (χ0) is 17.7. The Balaban J connectivity index is 2.01. The molecule has 0 bridgehead atoms. The highest BCUT2D eigenvalue weighted by Gasteiger charge is 2.24. The van der Waals surface area contributed by atoms with Crippen LogP contribution in [0.1, 0.15) is 43.0 Å². The van der Waals surface area contributed by atoms with Gasteiger partial charge in [0.1, 0.15) is 0 Å². The van der Waals surface area contributed by atoms with Crippen LogP contribution in [0.4, 0.5) is 0 Å². The SMILES string of the molecule is CNS(=O)(=O)c1cccc(C(=O)O[C@@H](C)C(=O)NC2CCCC2)c1. The fourth-order valence-electron chi connectivity index (χ4n) is 2.58. The van der Waals surface area contributed by atoms with Gasteiger partial charge in [-0.3, -0.25) is 4.79 Å². The fraction of sp³-hybridized carbons (Fsp3) is 0.500. The van der Waals surface area contributed by atoms with E-state index in [4.69, 9.17) is 4.74 Å². The molecule has 0 unspecified atom stereocenters. The van der Waals surface area contributed by atoms with Gasteiger partial charge < -0.3 is 10.1 Å². The van der Waals surface area contributed by atoms with Crippen LogP contribution in [0.25, 0.3) is 0 Å². The summed E-state index contributed by atoms with van der Waals surface area (Å²) in [5, 5.41) is 2.86. The largest absolute Gasteiger partial charge is 0.449 e. The number of hydrogen-bond donors (Lipinski definition) is 2. The number of hydrogen-bond acceptors (Lipinski definition) is 5. The Kier molecular flexibility index (Phi) is 5.95. The first kappa shape index (κ1) is 18.4. The van der Waals surface area contributed by atoms with E-state index in [1.807, 2.05) is 0 Å². The lowest BCUT2D eigenvalue weighted by Gasteiger charge is -2.17. The van der Waals surface area contributed by atoms with Gasteiger partial charge in [-0.15, -0.1) is 0 Å². The minimum Gasteiger partial charge on any atom is -0.449 e. The predicted octanol–water partition coefficient (Wildman–Crippen LogP) is 1.20. The molecule has 132 valence electrons. The van der Waals surface area contributed by atoms with Gasteiger partial charge >= 0.3 is 5.97 Å². The molecule has 1 aromatic carbocycles. The molecule has 1 amide bonds. The Bertz CT molecular complexity index is 711. The number of rotatable bonds is 6. The maximum absolute atomic E-state index is 12.1. The molecular formula is C16H22N2O5S. The molecule has 0 aliphatic heterocycles. The standard InChI is InChI=1S/C16H22N2O5S/c1-11(15(19)18-13-7-3-4-8-13)23-16(20)12-6-5-9-14(10-12)24(21,22)17-2/h5-6,9-11,13,17H,3-4,7-8H2,1-2H3,(H,18,19)/t11-/m0/s1. The maximum Gasteiger partial charge on any atom is 0.338 e. The van der Waals surface area contributed by atoms with E-state index in [1.165, 1.54) is 38.2 Å². The zero-order valence-corrected chi connectivity index (χ0v) is 14.6. The molecule has 1 aliphatic rings. The van der Waals surface area contributed by atoms with E-state index in [1.54, 1.807) is 0 Å². The lowest BCUT2D eigenvalue weighted by Crippen LogP contribution is -2.40. The molecule has 0 spiro atoms. The normalized spacial score (nSPS) is 16.6. The van der Waals surface area contributed by atoms with Crippen LogP contribution in [0.2, 0.25) is 0 Å². The highest BCUT2D eigenvalue weighted by atomic mass is 32.2.